The van der Waals surface area contributed by atoms with E-state index < -0.39 is 0 Å². The second-order valence-electron chi connectivity index (χ2n) is 6.29. The first-order valence-corrected chi connectivity index (χ1v) is 7.83. The molecule has 2 heterocycles. The summed E-state index contributed by atoms with van der Waals surface area (Å²) < 4.78 is 1.84. The largest absolute Gasteiger partial charge is 0.238 e. The smallest absolute Gasteiger partial charge is 0.157 e. The minimum atomic E-state index is -0.319. The fraction of sp³-hybridized carbons (Fsp3) is 0.333. The number of aromatic nitrogens is 4. The summed E-state index contributed by atoms with van der Waals surface area (Å²) in [6.07, 6.45) is 4.84. The van der Waals surface area contributed by atoms with Crippen LogP contribution in [0.4, 0.5) is 0 Å². The maximum atomic E-state index is 9.58. The molecule has 0 atom stereocenters. The van der Waals surface area contributed by atoms with Crippen molar-refractivity contribution in [3.63, 3.8) is 0 Å². The first kappa shape index (κ1) is 13.9. The van der Waals surface area contributed by atoms with Crippen molar-refractivity contribution in [3.05, 3.63) is 47.5 Å². The van der Waals surface area contributed by atoms with Gasteiger partial charge in [0.1, 0.15) is 5.82 Å². The third kappa shape index (κ3) is 2.10. The Kier molecular flexibility index (Phi) is 2.95. The lowest BCUT2D eigenvalue weighted by atomic mass is 9.65. The molecule has 3 aromatic rings. The van der Waals surface area contributed by atoms with E-state index in [-0.39, 0.29) is 5.41 Å². The Morgan fingerprint density at radius 3 is 2.65 bits per heavy atom. The molecule has 0 radical (unpaired) electrons. The van der Waals surface area contributed by atoms with E-state index in [1.165, 1.54) is 0 Å². The summed E-state index contributed by atoms with van der Waals surface area (Å²) in [4.78, 5) is 8.82. The van der Waals surface area contributed by atoms with E-state index in [1.807, 2.05) is 36.9 Å². The maximum absolute atomic E-state index is 9.58. The van der Waals surface area contributed by atoms with Crippen LogP contribution in [0.15, 0.2) is 30.5 Å². The zero-order valence-corrected chi connectivity index (χ0v) is 13.2. The van der Waals surface area contributed by atoms with Crippen LogP contribution in [0.25, 0.3) is 16.7 Å². The van der Waals surface area contributed by atoms with Crippen LogP contribution in [0, 0.1) is 25.2 Å². The summed E-state index contributed by atoms with van der Waals surface area (Å²) in [6.45, 7) is 3.83. The second-order valence-corrected chi connectivity index (χ2v) is 6.29. The van der Waals surface area contributed by atoms with Crippen LogP contribution in [-0.4, -0.2) is 19.7 Å². The van der Waals surface area contributed by atoms with E-state index in [1.54, 1.807) is 0 Å². The number of hydrogen-bond donors (Lipinski definition) is 0. The lowest BCUT2D eigenvalue weighted by molar-refractivity contribution is 0.324. The summed E-state index contributed by atoms with van der Waals surface area (Å²) in [5, 5.41) is 15.1. The average molecular weight is 303 g/mol. The average Bonchev–Trinajstić information content (AvgIpc) is 2.89. The van der Waals surface area contributed by atoms with Crippen molar-refractivity contribution in [1.29, 1.82) is 5.26 Å². The van der Waals surface area contributed by atoms with Gasteiger partial charge in [-0.2, -0.15) is 10.4 Å². The van der Waals surface area contributed by atoms with Crippen LogP contribution in [0.3, 0.4) is 0 Å². The topological polar surface area (TPSA) is 67.4 Å². The first-order valence-electron chi connectivity index (χ1n) is 7.83. The van der Waals surface area contributed by atoms with E-state index in [4.69, 9.17) is 0 Å². The molecule has 1 aliphatic carbocycles. The van der Waals surface area contributed by atoms with Gasteiger partial charge in [0.05, 0.1) is 23.2 Å². The zero-order chi connectivity index (χ0) is 16.0. The van der Waals surface area contributed by atoms with Crippen molar-refractivity contribution in [2.75, 3.05) is 0 Å². The van der Waals surface area contributed by atoms with E-state index in [9.17, 15) is 5.26 Å². The fourth-order valence-electron chi connectivity index (χ4n) is 3.30. The van der Waals surface area contributed by atoms with Crippen molar-refractivity contribution in [1.82, 2.24) is 19.7 Å². The molecule has 0 aliphatic heterocycles. The molecule has 5 heteroatoms. The van der Waals surface area contributed by atoms with Gasteiger partial charge in [0.2, 0.25) is 0 Å². The van der Waals surface area contributed by atoms with Crippen LogP contribution < -0.4 is 0 Å². The van der Waals surface area contributed by atoms with E-state index in [0.29, 0.717) is 0 Å². The molecule has 1 aliphatic rings. The molecule has 0 amide bonds. The number of aryl methyl sites for hydroxylation is 2. The van der Waals surface area contributed by atoms with Gasteiger partial charge in [0.15, 0.2) is 5.82 Å². The van der Waals surface area contributed by atoms with E-state index >= 15 is 0 Å². The molecule has 2 aromatic heterocycles. The summed E-state index contributed by atoms with van der Waals surface area (Å²) in [6, 6.07) is 10.6. The number of rotatable bonds is 2. The molecule has 1 aromatic carbocycles. The third-order valence-corrected chi connectivity index (χ3v) is 4.71. The summed E-state index contributed by atoms with van der Waals surface area (Å²) in [5.41, 5.74) is 2.67. The van der Waals surface area contributed by atoms with Gasteiger partial charge in [-0.3, -0.25) is 0 Å². The molecule has 0 unspecified atom stereocenters. The summed E-state index contributed by atoms with van der Waals surface area (Å²) in [5.74, 6) is 1.49. The highest BCUT2D eigenvalue weighted by Gasteiger charge is 2.39. The molecule has 0 spiro atoms. The van der Waals surface area contributed by atoms with Crippen molar-refractivity contribution in [2.24, 2.45) is 0 Å². The molecule has 1 saturated carbocycles. The molecule has 5 nitrogen and oxygen atoms in total. The number of fused-ring (bicyclic) bond motifs is 1. The first-order chi connectivity index (χ1) is 11.1. The van der Waals surface area contributed by atoms with Gasteiger partial charge in [-0.1, -0.05) is 12.1 Å². The Labute approximate surface area is 134 Å². The van der Waals surface area contributed by atoms with Crippen molar-refractivity contribution < 1.29 is 0 Å². The van der Waals surface area contributed by atoms with Gasteiger partial charge >= 0.3 is 0 Å². The molecular weight excluding hydrogens is 286 g/mol. The lowest BCUT2D eigenvalue weighted by Gasteiger charge is -2.35. The summed E-state index contributed by atoms with van der Waals surface area (Å²) in [7, 11) is 0. The quantitative estimate of drug-likeness (QED) is 0.728. The van der Waals surface area contributed by atoms with Gasteiger partial charge in [-0.15, -0.1) is 0 Å². The van der Waals surface area contributed by atoms with E-state index in [0.717, 1.165) is 53.1 Å². The molecule has 23 heavy (non-hydrogen) atoms. The number of hydrogen-bond acceptors (Lipinski definition) is 4. The van der Waals surface area contributed by atoms with Crippen LogP contribution in [0.2, 0.25) is 0 Å². The highest BCUT2D eigenvalue weighted by molar-refractivity contribution is 5.81. The fourth-order valence-corrected chi connectivity index (χ4v) is 3.30. The highest BCUT2D eigenvalue weighted by atomic mass is 15.3. The minimum absolute atomic E-state index is 0.319. The SMILES string of the molecule is Cc1cc(-n2ncc3ccc(C4(C#N)CCC4)cc32)nc(C)n1. The Balaban J connectivity index is 1.90. The van der Waals surface area contributed by atoms with Gasteiger partial charge in [-0.05, 0) is 44.7 Å². The lowest BCUT2D eigenvalue weighted by Crippen LogP contribution is -2.32. The van der Waals surface area contributed by atoms with Crippen molar-refractivity contribution in [3.8, 4) is 11.9 Å². The predicted octanol–water partition coefficient (Wildman–Crippen LogP) is 3.38. The van der Waals surface area contributed by atoms with E-state index in [2.05, 4.69) is 33.3 Å². The Hall–Kier alpha value is -2.74. The van der Waals surface area contributed by atoms with Gasteiger partial charge in [0.25, 0.3) is 0 Å². The van der Waals surface area contributed by atoms with Crippen molar-refractivity contribution >= 4 is 10.9 Å². The van der Waals surface area contributed by atoms with Gasteiger partial charge in [0, 0.05) is 17.1 Å². The highest BCUT2D eigenvalue weighted by Crippen LogP contribution is 2.43. The molecule has 1 fully saturated rings. The number of nitriles is 1. The molecule has 0 bridgehead atoms. The normalized spacial score (nSPS) is 16.0. The molecule has 0 saturated heterocycles. The van der Waals surface area contributed by atoms with Gasteiger partial charge < -0.3 is 0 Å². The molecular formula is C18H17N5. The molecule has 4 rings (SSSR count). The Morgan fingerprint density at radius 2 is 2.00 bits per heavy atom. The third-order valence-electron chi connectivity index (χ3n) is 4.71. The van der Waals surface area contributed by atoms with Crippen LogP contribution in [0.5, 0.6) is 0 Å². The Bertz CT molecular complexity index is 923. The molecule has 0 N–H and O–H groups in total. The van der Waals surface area contributed by atoms with Crippen LogP contribution >= 0.6 is 0 Å². The summed E-state index contributed by atoms with van der Waals surface area (Å²) >= 11 is 0. The predicted molar refractivity (Wildman–Crippen MR) is 87.3 cm³/mol. The zero-order valence-electron chi connectivity index (χ0n) is 13.2. The molecule has 114 valence electrons. The Morgan fingerprint density at radius 1 is 1.17 bits per heavy atom. The minimum Gasteiger partial charge on any atom is -0.238 e. The van der Waals surface area contributed by atoms with Crippen molar-refractivity contribution in [2.45, 2.75) is 38.5 Å². The van der Waals surface area contributed by atoms with Crippen LogP contribution in [-0.2, 0) is 5.41 Å². The van der Waals surface area contributed by atoms with Gasteiger partial charge in [-0.25, -0.2) is 14.6 Å². The van der Waals surface area contributed by atoms with Crippen LogP contribution in [0.1, 0.15) is 36.3 Å². The number of benzene rings is 1. The second kappa shape index (κ2) is 4.88. The maximum Gasteiger partial charge on any atom is 0.157 e. The number of nitrogens with zero attached hydrogens (tertiary/aromatic N) is 5. The monoisotopic (exact) mass is 303 g/mol. The standard InChI is InChI=1S/C18H17N5/c1-12-8-17(22-13(2)21-12)23-16-9-15(5-4-14(16)10-20-23)18(11-19)6-3-7-18/h4-5,8-10H,3,6-7H2,1-2H3.